The molecular weight excluding hydrogens is 367 g/mol. The molecule has 27 heavy (non-hydrogen) atoms. The first-order valence-electron chi connectivity index (χ1n) is 8.37. The Kier molecular flexibility index (Phi) is 6.08. The van der Waals surface area contributed by atoms with Crippen LogP contribution in [0, 0.1) is 5.82 Å². The van der Waals surface area contributed by atoms with E-state index in [0.717, 1.165) is 11.3 Å². The molecule has 3 rings (SSSR count). The van der Waals surface area contributed by atoms with Crippen LogP contribution in [0.2, 0.25) is 0 Å². The molecule has 1 aromatic heterocycles. The quantitative estimate of drug-likeness (QED) is 0.625. The highest BCUT2D eigenvalue weighted by Gasteiger charge is 2.15. The summed E-state index contributed by atoms with van der Waals surface area (Å²) < 4.78 is 20.8. The number of methoxy groups -OCH3 is 1. The van der Waals surface area contributed by atoms with Gasteiger partial charge < -0.3 is 14.6 Å². The monoisotopic (exact) mass is 386 g/mol. The maximum absolute atomic E-state index is 13.6. The first-order valence-corrected chi connectivity index (χ1v) is 9.35. The van der Waals surface area contributed by atoms with Gasteiger partial charge in [-0.25, -0.2) is 4.39 Å². The van der Waals surface area contributed by atoms with Crippen LogP contribution in [-0.2, 0) is 11.3 Å². The normalized spacial score (nSPS) is 10.6. The van der Waals surface area contributed by atoms with Crippen LogP contribution in [-0.4, -0.2) is 33.5 Å². The third kappa shape index (κ3) is 4.46. The fourth-order valence-electron chi connectivity index (χ4n) is 2.54. The summed E-state index contributed by atoms with van der Waals surface area (Å²) in [5.41, 5.74) is 1.04. The van der Waals surface area contributed by atoms with Crippen LogP contribution >= 0.6 is 11.8 Å². The molecule has 0 bridgehead atoms. The second-order valence-corrected chi connectivity index (χ2v) is 6.54. The molecule has 1 N–H and O–H groups in total. The second kappa shape index (κ2) is 8.68. The van der Waals surface area contributed by atoms with E-state index in [1.165, 1.54) is 23.9 Å². The van der Waals surface area contributed by atoms with Crippen molar-refractivity contribution in [3.8, 4) is 17.1 Å². The lowest BCUT2D eigenvalue weighted by molar-refractivity contribution is -0.113. The van der Waals surface area contributed by atoms with Crippen LogP contribution in [0.1, 0.15) is 6.92 Å². The molecule has 0 aliphatic heterocycles. The average molecular weight is 386 g/mol. The zero-order chi connectivity index (χ0) is 19.2. The number of anilines is 1. The topological polar surface area (TPSA) is 69.0 Å². The van der Waals surface area contributed by atoms with Gasteiger partial charge in [0.15, 0.2) is 11.0 Å². The number of para-hydroxylation sites is 1. The van der Waals surface area contributed by atoms with Crippen LogP contribution < -0.4 is 10.1 Å². The number of benzene rings is 2. The molecule has 1 heterocycles. The standard InChI is InChI=1S/C19H19FN4O2S/c1-3-24-18(13-7-6-8-14(11-13)26-2)22-23-19(24)27-12-17(25)21-16-10-5-4-9-15(16)20/h4-11H,3,12H2,1-2H3,(H,21,25). The first-order chi connectivity index (χ1) is 13.1. The Bertz CT molecular complexity index is 945. The Labute approximate surface area is 160 Å². The van der Waals surface area contributed by atoms with Crippen molar-refractivity contribution in [3.05, 3.63) is 54.3 Å². The SMILES string of the molecule is CCn1c(SCC(=O)Nc2ccccc2F)nnc1-c1cccc(OC)c1. The summed E-state index contributed by atoms with van der Waals surface area (Å²) in [7, 11) is 1.61. The molecule has 140 valence electrons. The van der Waals surface area contributed by atoms with Crippen LogP contribution in [0.5, 0.6) is 5.75 Å². The number of thioether (sulfide) groups is 1. The molecule has 0 spiro atoms. The molecule has 2 aromatic carbocycles. The summed E-state index contributed by atoms with van der Waals surface area (Å²) in [6.45, 7) is 2.63. The summed E-state index contributed by atoms with van der Waals surface area (Å²) in [5, 5.41) is 11.6. The van der Waals surface area contributed by atoms with Gasteiger partial charge in [0.1, 0.15) is 11.6 Å². The lowest BCUT2D eigenvalue weighted by Crippen LogP contribution is -2.15. The molecule has 6 nitrogen and oxygen atoms in total. The minimum Gasteiger partial charge on any atom is -0.497 e. The van der Waals surface area contributed by atoms with Gasteiger partial charge in [-0.2, -0.15) is 0 Å². The van der Waals surface area contributed by atoms with E-state index >= 15 is 0 Å². The number of ether oxygens (including phenoxy) is 1. The van der Waals surface area contributed by atoms with Crippen molar-refractivity contribution in [2.75, 3.05) is 18.2 Å². The van der Waals surface area contributed by atoms with Crippen molar-refractivity contribution in [1.29, 1.82) is 0 Å². The lowest BCUT2D eigenvalue weighted by atomic mass is 10.2. The summed E-state index contributed by atoms with van der Waals surface area (Å²) >= 11 is 1.25. The van der Waals surface area contributed by atoms with Gasteiger partial charge in [-0.15, -0.1) is 10.2 Å². The summed E-state index contributed by atoms with van der Waals surface area (Å²) in [5.74, 6) is 0.765. The minimum atomic E-state index is -0.465. The number of hydrogen-bond acceptors (Lipinski definition) is 5. The van der Waals surface area contributed by atoms with Crippen molar-refractivity contribution in [2.24, 2.45) is 0 Å². The maximum atomic E-state index is 13.6. The van der Waals surface area contributed by atoms with Crippen molar-refractivity contribution < 1.29 is 13.9 Å². The maximum Gasteiger partial charge on any atom is 0.234 e. The van der Waals surface area contributed by atoms with Crippen molar-refractivity contribution >= 4 is 23.4 Å². The Hall–Kier alpha value is -2.87. The molecule has 0 atom stereocenters. The molecule has 3 aromatic rings. The molecule has 0 saturated carbocycles. The number of aromatic nitrogens is 3. The van der Waals surface area contributed by atoms with Gasteiger partial charge in [0.05, 0.1) is 18.6 Å². The van der Waals surface area contributed by atoms with Crippen molar-refractivity contribution in [1.82, 2.24) is 14.8 Å². The van der Waals surface area contributed by atoms with E-state index in [0.29, 0.717) is 17.5 Å². The summed E-state index contributed by atoms with van der Waals surface area (Å²) in [6, 6.07) is 13.6. The van der Waals surface area contributed by atoms with Gasteiger partial charge in [0.25, 0.3) is 0 Å². The van der Waals surface area contributed by atoms with Crippen molar-refractivity contribution in [2.45, 2.75) is 18.6 Å². The summed E-state index contributed by atoms with van der Waals surface area (Å²) in [6.07, 6.45) is 0. The van der Waals surface area contributed by atoms with Crippen LogP contribution in [0.4, 0.5) is 10.1 Å². The molecule has 0 saturated heterocycles. The lowest BCUT2D eigenvalue weighted by Gasteiger charge is -2.09. The molecule has 0 fully saturated rings. The van der Waals surface area contributed by atoms with Crippen LogP contribution in [0.15, 0.2) is 53.7 Å². The van der Waals surface area contributed by atoms with E-state index < -0.39 is 5.82 Å². The number of carbonyl (C=O) groups excluding carboxylic acids is 1. The highest BCUT2D eigenvalue weighted by molar-refractivity contribution is 7.99. The highest BCUT2D eigenvalue weighted by atomic mass is 32.2. The molecule has 1 amide bonds. The number of rotatable bonds is 7. The van der Waals surface area contributed by atoms with E-state index in [9.17, 15) is 9.18 Å². The zero-order valence-corrected chi connectivity index (χ0v) is 15.8. The Morgan fingerprint density at radius 1 is 1.22 bits per heavy atom. The number of hydrogen-bond donors (Lipinski definition) is 1. The van der Waals surface area contributed by atoms with Gasteiger partial charge in [0.2, 0.25) is 5.91 Å². The van der Waals surface area contributed by atoms with Gasteiger partial charge in [0, 0.05) is 12.1 Å². The largest absolute Gasteiger partial charge is 0.497 e. The average Bonchev–Trinajstić information content (AvgIpc) is 3.11. The van der Waals surface area contributed by atoms with Gasteiger partial charge in [-0.3, -0.25) is 4.79 Å². The number of halogens is 1. The summed E-state index contributed by atoms with van der Waals surface area (Å²) in [4.78, 5) is 12.1. The highest BCUT2D eigenvalue weighted by Crippen LogP contribution is 2.26. The minimum absolute atomic E-state index is 0.102. The van der Waals surface area contributed by atoms with E-state index in [1.54, 1.807) is 19.2 Å². The van der Waals surface area contributed by atoms with Gasteiger partial charge >= 0.3 is 0 Å². The van der Waals surface area contributed by atoms with E-state index in [2.05, 4.69) is 15.5 Å². The Balaban J connectivity index is 1.71. The Morgan fingerprint density at radius 3 is 2.78 bits per heavy atom. The van der Waals surface area contributed by atoms with Crippen molar-refractivity contribution in [3.63, 3.8) is 0 Å². The third-order valence-corrected chi connectivity index (χ3v) is 4.81. The van der Waals surface area contributed by atoms with Gasteiger partial charge in [-0.05, 0) is 31.2 Å². The number of carbonyl (C=O) groups is 1. The second-order valence-electron chi connectivity index (χ2n) is 5.60. The third-order valence-electron chi connectivity index (χ3n) is 3.84. The fourth-order valence-corrected chi connectivity index (χ4v) is 3.34. The number of nitrogens with zero attached hydrogens (tertiary/aromatic N) is 3. The molecule has 0 aliphatic carbocycles. The smallest absolute Gasteiger partial charge is 0.234 e. The molecule has 0 aliphatic rings. The van der Waals surface area contributed by atoms with Crippen LogP contribution in [0.3, 0.4) is 0 Å². The van der Waals surface area contributed by atoms with E-state index in [1.807, 2.05) is 35.8 Å². The van der Waals surface area contributed by atoms with E-state index in [4.69, 9.17) is 4.74 Å². The van der Waals surface area contributed by atoms with Gasteiger partial charge in [-0.1, -0.05) is 36.0 Å². The number of nitrogens with one attached hydrogen (secondary N) is 1. The molecule has 0 unspecified atom stereocenters. The molecule has 8 heteroatoms. The predicted molar refractivity (Wildman–Crippen MR) is 103 cm³/mol. The molecule has 0 radical (unpaired) electrons. The Morgan fingerprint density at radius 2 is 2.04 bits per heavy atom. The zero-order valence-electron chi connectivity index (χ0n) is 15.0. The molecular formula is C19H19FN4O2S. The van der Waals surface area contributed by atoms with Crippen LogP contribution in [0.25, 0.3) is 11.4 Å². The fraction of sp³-hybridized carbons (Fsp3) is 0.211. The first kappa shape index (κ1) is 18.9. The predicted octanol–water partition coefficient (Wildman–Crippen LogP) is 3.84. The van der Waals surface area contributed by atoms with E-state index in [-0.39, 0.29) is 17.3 Å². The number of amides is 1.